The van der Waals surface area contributed by atoms with Gasteiger partial charge >= 0.3 is 6.09 Å². The lowest BCUT2D eigenvalue weighted by Gasteiger charge is -2.17. The fourth-order valence-corrected chi connectivity index (χ4v) is 1.80. The molecular formula is C11H22N2O2. The third-order valence-electron chi connectivity index (χ3n) is 2.66. The zero-order valence-electron chi connectivity index (χ0n) is 9.74. The van der Waals surface area contributed by atoms with Crippen molar-refractivity contribution in [1.82, 2.24) is 4.90 Å². The maximum absolute atomic E-state index is 11.6. The second kappa shape index (κ2) is 5.95. The number of carbonyl (C=O) groups is 1. The van der Waals surface area contributed by atoms with Crippen molar-refractivity contribution in [2.75, 3.05) is 26.2 Å². The molecule has 88 valence electrons. The number of rotatable bonds is 4. The van der Waals surface area contributed by atoms with Crippen molar-refractivity contribution in [3.05, 3.63) is 0 Å². The second-order valence-electron chi connectivity index (χ2n) is 4.65. The molecule has 4 heteroatoms. The predicted octanol–water partition coefficient (Wildman–Crippen LogP) is 1.45. The Morgan fingerprint density at radius 2 is 2.33 bits per heavy atom. The molecule has 0 spiro atoms. The van der Waals surface area contributed by atoms with Crippen LogP contribution in [0.2, 0.25) is 0 Å². The minimum absolute atomic E-state index is 0.164. The SMILES string of the molecule is CC(C)COC(=O)N1CCC(CCN)C1. The molecular weight excluding hydrogens is 192 g/mol. The maximum Gasteiger partial charge on any atom is 0.409 e. The summed E-state index contributed by atoms with van der Waals surface area (Å²) in [6.07, 6.45) is 1.91. The van der Waals surface area contributed by atoms with Crippen molar-refractivity contribution in [2.24, 2.45) is 17.6 Å². The van der Waals surface area contributed by atoms with Crippen LogP contribution in [0.15, 0.2) is 0 Å². The van der Waals surface area contributed by atoms with E-state index < -0.39 is 0 Å². The molecule has 1 saturated heterocycles. The van der Waals surface area contributed by atoms with Crippen LogP contribution in [0.3, 0.4) is 0 Å². The van der Waals surface area contributed by atoms with Gasteiger partial charge in [0.2, 0.25) is 0 Å². The van der Waals surface area contributed by atoms with Crippen LogP contribution in [0.1, 0.15) is 26.7 Å². The van der Waals surface area contributed by atoms with Crippen LogP contribution >= 0.6 is 0 Å². The summed E-state index contributed by atoms with van der Waals surface area (Å²) in [6.45, 7) is 6.93. The summed E-state index contributed by atoms with van der Waals surface area (Å²) in [6, 6.07) is 0. The number of hydrogen-bond acceptors (Lipinski definition) is 3. The summed E-state index contributed by atoms with van der Waals surface area (Å²) in [5.74, 6) is 0.970. The molecule has 1 heterocycles. The van der Waals surface area contributed by atoms with E-state index in [4.69, 9.17) is 10.5 Å². The standard InChI is InChI=1S/C11H22N2O2/c1-9(2)8-15-11(14)13-6-4-10(7-13)3-5-12/h9-10H,3-8,12H2,1-2H3. The summed E-state index contributed by atoms with van der Waals surface area (Å²) < 4.78 is 5.17. The van der Waals surface area contributed by atoms with E-state index in [1.807, 2.05) is 13.8 Å². The zero-order chi connectivity index (χ0) is 11.3. The van der Waals surface area contributed by atoms with Crippen molar-refractivity contribution in [1.29, 1.82) is 0 Å². The molecule has 0 bridgehead atoms. The number of carbonyl (C=O) groups excluding carboxylic acids is 1. The average Bonchev–Trinajstić information content (AvgIpc) is 2.63. The first-order valence-electron chi connectivity index (χ1n) is 5.75. The smallest absolute Gasteiger partial charge is 0.409 e. The van der Waals surface area contributed by atoms with Crippen molar-refractivity contribution < 1.29 is 9.53 Å². The first-order chi connectivity index (χ1) is 7.13. The molecule has 0 saturated carbocycles. The van der Waals surface area contributed by atoms with Gasteiger partial charge in [0.1, 0.15) is 0 Å². The largest absolute Gasteiger partial charge is 0.449 e. The molecule has 1 aliphatic heterocycles. The van der Waals surface area contributed by atoms with E-state index in [0.717, 1.165) is 25.9 Å². The summed E-state index contributed by atoms with van der Waals surface area (Å²) in [5.41, 5.74) is 5.49. The van der Waals surface area contributed by atoms with Crippen LogP contribution in [0.5, 0.6) is 0 Å². The monoisotopic (exact) mass is 214 g/mol. The number of likely N-dealkylation sites (tertiary alicyclic amines) is 1. The first-order valence-corrected chi connectivity index (χ1v) is 5.75. The molecule has 1 rings (SSSR count). The van der Waals surface area contributed by atoms with Crippen molar-refractivity contribution in [3.8, 4) is 0 Å². The number of nitrogens with zero attached hydrogens (tertiary/aromatic N) is 1. The van der Waals surface area contributed by atoms with Crippen LogP contribution in [0.25, 0.3) is 0 Å². The van der Waals surface area contributed by atoms with E-state index in [1.165, 1.54) is 0 Å². The topological polar surface area (TPSA) is 55.6 Å². The van der Waals surface area contributed by atoms with Crippen LogP contribution in [-0.2, 0) is 4.74 Å². The lowest BCUT2D eigenvalue weighted by Crippen LogP contribution is -2.30. The van der Waals surface area contributed by atoms with E-state index in [1.54, 1.807) is 4.90 Å². The van der Waals surface area contributed by atoms with Gasteiger partial charge in [-0.3, -0.25) is 0 Å². The minimum Gasteiger partial charge on any atom is -0.449 e. The first kappa shape index (κ1) is 12.3. The van der Waals surface area contributed by atoms with Crippen molar-refractivity contribution >= 4 is 6.09 Å². The Balaban J connectivity index is 2.24. The van der Waals surface area contributed by atoms with Gasteiger partial charge in [0.25, 0.3) is 0 Å². The molecule has 1 amide bonds. The van der Waals surface area contributed by atoms with Gasteiger partial charge in [-0.05, 0) is 31.2 Å². The summed E-state index contributed by atoms with van der Waals surface area (Å²) in [5, 5.41) is 0. The van der Waals surface area contributed by atoms with Crippen molar-refractivity contribution in [3.63, 3.8) is 0 Å². The molecule has 0 aromatic heterocycles. The molecule has 0 radical (unpaired) electrons. The predicted molar refractivity (Wildman–Crippen MR) is 59.5 cm³/mol. The highest BCUT2D eigenvalue weighted by molar-refractivity contribution is 5.67. The fourth-order valence-electron chi connectivity index (χ4n) is 1.80. The van der Waals surface area contributed by atoms with E-state index >= 15 is 0 Å². The van der Waals surface area contributed by atoms with Gasteiger partial charge in [-0.1, -0.05) is 13.8 Å². The second-order valence-corrected chi connectivity index (χ2v) is 4.65. The van der Waals surface area contributed by atoms with E-state index in [9.17, 15) is 4.79 Å². The molecule has 15 heavy (non-hydrogen) atoms. The fraction of sp³-hybridized carbons (Fsp3) is 0.909. The van der Waals surface area contributed by atoms with Gasteiger partial charge in [0.15, 0.2) is 0 Å². The highest BCUT2D eigenvalue weighted by Crippen LogP contribution is 2.19. The van der Waals surface area contributed by atoms with Crippen LogP contribution in [0.4, 0.5) is 4.79 Å². The van der Waals surface area contributed by atoms with Gasteiger partial charge in [-0.25, -0.2) is 4.79 Å². The quantitative estimate of drug-likeness (QED) is 0.770. The van der Waals surface area contributed by atoms with Gasteiger partial charge in [0.05, 0.1) is 6.61 Å². The number of nitrogens with two attached hydrogens (primary N) is 1. The number of hydrogen-bond donors (Lipinski definition) is 1. The Hall–Kier alpha value is -0.770. The van der Waals surface area contributed by atoms with Gasteiger partial charge in [-0.2, -0.15) is 0 Å². The third kappa shape index (κ3) is 4.08. The van der Waals surface area contributed by atoms with Gasteiger partial charge in [0, 0.05) is 13.1 Å². The lowest BCUT2D eigenvalue weighted by molar-refractivity contribution is 0.0983. The van der Waals surface area contributed by atoms with Crippen molar-refractivity contribution in [2.45, 2.75) is 26.7 Å². The minimum atomic E-state index is -0.164. The Bertz CT molecular complexity index is 207. The molecule has 0 aliphatic carbocycles. The number of amides is 1. The highest BCUT2D eigenvalue weighted by Gasteiger charge is 2.26. The lowest BCUT2D eigenvalue weighted by atomic mass is 10.1. The Kier molecular flexibility index (Phi) is 4.88. The summed E-state index contributed by atoms with van der Waals surface area (Å²) >= 11 is 0. The Morgan fingerprint density at radius 1 is 1.60 bits per heavy atom. The third-order valence-corrected chi connectivity index (χ3v) is 2.66. The van der Waals surface area contributed by atoms with E-state index in [-0.39, 0.29) is 6.09 Å². The summed E-state index contributed by atoms with van der Waals surface area (Å²) in [7, 11) is 0. The molecule has 1 aliphatic rings. The highest BCUT2D eigenvalue weighted by atomic mass is 16.6. The van der Waals surface area contributed by atoms with Crippen LogP contribution < -0.4 is 5.73 Å². The molecule has 2 N–H and O–H groups in total. The van der Waals surface area contributed by atoms with Crippen LogP contribution in [0, 0.1) is 11.8 Å². The number of ether oxygens (including phenoxy) is 1. The maximum atomic E-state index is 11.6. The Morgan fingerprint density at radius 3 is 2.93 bits per heavy atom. The van der Waals surface area contributed by atoms with Gasteiger partial charge in [-0.15, -0.1) is 0 Å². The van der Waals surface area contributed by atoms with E-state index in [2.05, 4.69) is 0 Å². The van der Waals surface area contributed by atoms with Gasteiger partial charge < -0.3 is 15.4 Å². The molecule has 4 nitrogen and oxygen atoms in total. The molecule has 1 fully saturated rings. The zero-order valence-corrected chi connectivity index (χ0v) is 9.74. The molecule has 1 atom stereocenters. The van der Waals surface area contributed by atoms with Crippen LogP contribution in [-0.4, -0.2) is 37.2 Å². The molecule has 0 aromatic rings. The van der Waals surface area contributed by atoms with E-state index in [0.29, 0.717) is 25.0 Å². The normalized spacial score (nSPS) is 21.1. The Labute approximate surface area is 91.8 Å². The molecule has 1 unspecified atom stereocenters. The summed E-state index contributed by atoms with van der Waals surface area (Å²) in [4.78, 5) is 13.4. The average molecular weight is 214 g/mol. The molecule has 0 aromatic carbocycles.